The van der Waals surface area contributed by atoms with Gasteiger partial charge in [0.25, 0.3) is 0 Å². The van der Waals surface area contributed by atoms with Gasteiger partial charge in [-0.25, -0.2) is 0 Å². The highest BCUT2D eigenvalue weighted by Crippen LogP contribution is 2.34. The number of nitrogens with two attached hydrogens (primary N) is 1. The molecule has 1 aromatic rings. The average molecular weight is 263 g/mol. The number of hydrogen-bond donors (Lipinski definition) is 2. The van der Waals surface area contributed by atoms with Crippen LogP contribution in [0.5, 0.6) is 0 Å². The Balaban J connectivity index is 1.92. The molecule has 1 amide bonds. The van der Waals surface area contributed by atoms with E-state index < -0.39 is 0 Å². The van der Waals surface area contributed by atoms with Crippen molar-refractivity contribution in [2.75, 3.05) is 40.5 Å². The van der Waals surface area contributed by atoms with Gasteiger partial charge in [-0.3, -0.25) is 4.79 Å². The quantitative estimate of drug-likeness (QED) is 0.757. The molecule has 1 fully saturated rings. The first-order valence-electron chi connectivity index (χ1n) is 6.29. The number of anilines is 3. The molecule has 2 aliphatic heterocycles. The van der Waals surface area contributed by atoms with E-state index in [2.05, 4.69) is 10.2 Å². The summed E-state index contributed by atoms with van der Waals surface area (Å²) in [5.41, 5.74) is 9.94. The standard InChI is InChI=1S/C13H17N3OS/c14-10-6-9-7-13(17)15-11(9)8-12(10)16-2-1-4-18-5-3-16/h6,8H,1-5,7,14H2,(H,15,17). The van der Waals surface area contributed by atoms with Crippen LogP contribution in [0.2, 0.25) is 0 Å². The zero-order chi connectivity index (χ0) is 12.5. The van der Waals surface area contributed by atoms with E-state index >= 15 is 0 Å². The molecule has 0 aliphatic carbocycles. The Morgan fingerprint density at radius 1 is 1.28 bits per heavy atom. The predicted molar refractivity (Wildman–Crippen MR) is 77.3 cm³/mol. The maximum Gasteiger partial charge on any atom is 0.228 e. The summed E-state index contributed by atoms with van der Waals surface area (Å²) in [6, 6.07) is 3.98. The van der Waals surface area contributed by atoms with E-state index in [1.54, 1.807) is 0 Å². The first kappa shape index (κ1) is 11.7. The molecule has 0 unspecified atom stereocenters. The lowest BCUT2D eigenvalue weighted by molar-refractivity contribution is -0.115. The van der Waals surface area contributed by atoms with E-state index in [1.807, 2.05) is 23.9 Å². The number of rotatable bonds is 1. The fourth-order valence-corrected chi connectivity index (χ4v) is 3.43. The number of nitrogen functional groups attached to an aromatic ring is 1. The highest BCUT2D eigenvalue weighted by molar-refractivity contribution is 7.99. The third kappa shape index (κ3) is 2.14. The largest absolute Gasteiger partial charge is 0.397 e. The van der Waals surface area contributed by atoms with Gasteiger partial charge in [0.15, 0.2) is 0 Å². The second-order valence-electron chi connectivity index (χ2n) is 4.75. The fraction of sp³-hybridized carbons (Fsp3) is 0.462. The number of amides is 1. The summed E-state index contributed by atoms with van der Waals surface area (Å²) >= 11 is 1.99. The molecular formula is C13H17N3OS. The van der Waals surface area contributed by atoms with Crippen molar-refractivity contribution < 1.29 is 4.79 Å². The summed E-state index contributed by atoms with van der Waals surface area (Å²) < 4.78 is 0. The molecular weight excluding hydrogens is 246 g/mol. The Morgan fingerprint density at radius 3 is 3.06 bits per heavy atom. The Bertz CT molecular complexity index is 481. The lowest BCUT2D eigenvalue weighted by atomic mass is 10.1. The van der Waals surface area contributed by atoms with Gasteiger partial charge in [0.2, 0.25) is 5.91 Å². The molecule has 0 bridgehead atoms. The van der Waals surface area contributed by atoms with Crippen LogP contribution in [0, 0.1) is 0 Å². The predicted octanol–water partition coefficient (Wildman–Crippen LogP) is 1.71. The van der Waals surface area contributed by atoms with Crippen molar-refractivity contribution in [3.63, 3.8) is 0 Å². The Kier molecular flexibility index (Phi) is 3.07. The van der Waals surface area contributed by atoms with Crippen molar-refractivity contribution >= 4 is 34.7 Å². The summed E-state index contributed by atoms with van der Waals surface area (Å²) in [7, 11) is 0. The number of nitrogens with one attached hydrogen (secondary N) is 1. The maximum absolute atomic E-state index is 11.4. The zero-order valence-corrected chi connectivity index (χ0v) is 11.1. The molecule has 0 atom stereocenters. The number of carbonyl (C=O) groups excluding carboxylic acids is 1. The van der Waals surface area contributed by atoms with Gasteiger partial charge in [0.1, 0.15) is 0 Å². The lowest BCUT2D eigenvalue weighted by Crippen LogP contribution is -2.26. The molecule has 96 valence electrons. The molecule has 18 heavy (non-hydrogen) atoms. The van der Waals surface area contributed by atoms with Gasteiger partial charge in [-0.05, 0) is 29.9 Å². The van der Waals surface area contributed by atoms with Gasteiger partial charge in [-0.15, -0.1) is 0 Å². The topological polar surface area (TPSA) is 58.4 Å². The van der Waals surface area contributed by atoms with Crippen LogP contribution >= 0.6 is 11.8 Å². The van der Waals surface area contributed by atoms with Gasteiger partial charge in [0.05, 0.1) is 17.8 Å². The second kappa shape index (κ2) is 4.72. The van der Waals surface area contributed by atoms with E-state index in [0.717, 1.165) is 41.5 Å². The molecule has 1 saturated heterocycles. The minimum absolute atomic E-state index is 0.0629. The first-order valence-corrected chi connectivity index (χ1v) is 7.44. The third-order valence-corrected chi connectivity index (χ3v) is 4.49. The molecule has 3 rings (SSSR count). The summed E-state index contributed by atoms with van der Waals surface area (Å²) in [4.78, 5) is 13.7. The van der Waals surface area contributed by atoms with Crippen molar-refractivity contribution in [3.05, 3.63) is 17.7 Å². The molecule has 1 aromatic carbocycles. The first-order chi connectivity index (χ1) is 8.74. The highest BCUT2D eigenvalue weighted by atomic mass is 32.2. The number of nitrogens with zero attached hydrogens (tertiary/aromatic N) is 1. The summed E-state index contributed by atoms with van der Waals surface area (Å²) in [6.45, 7) is 2.07. The van der Waals surface area contributed by atoms with Gasteiger partial charge >= 0.3 is 0 Å². The molecule has 0 spiro atoms. The van der Waals surface area contributed by atoms with E-state index in [1.165, 1.54) is 12.2 Å². The maximum atomic E-state index is 11.4. The van der Waals surface area contributed by atoms with Crippen LogP contribution in [0.1, 0.15) is 12.0 Å². The number of carbonyl (C=O) groups is 1. The number of thioether (sulfide) groups is 1. The Morgan fingerprint density at radius 2 is 2.17 bits per heavy atom. The summed E-state index contributed by atoms with van der Waals surface area (Å²) in [5, 5.41) is 2.89. The van der Waals surface area contributed by atoms with Crippen LogP contribution in [0.4, 0.5) is 17.1 Å². The van der Waals surface area contributed by atoms with Gasteiger partial charge < -0.3 is 16.0 Å². The van der Waals surface area contributed by atoms with Crippen LogP contribution in [0.15, 0.2) is 12.1 Å². The molecule has 4 nitrogen and oxygen atoms in total. The van der Waals surface area contributed by atoms with Crippen LogP contribution in [0.25, 0.3) is 0 Å². The van der Waals surface area contributed by atoms with Crippen LogP contribution in [0.3, 0.4) is 0 Å². The van der Waals surface area contributed by atoms with Crippen molar-refractivity contribution in [1.82, 2.24) is 0 Å². The fourth-order valence-electron chi connectivity index (χ4n) is 2.54. The van der Waals surface area contributed by atoms with Crippen molar-refractivity contribution in [2.24, 2.45) is 0 Å². The van der Waals surface area contributed by atoms with Gasteiger partial charge in [-0.2, -0.15) is 11.8 Å². The van der Waals surface area contributed by atoms with E-state index in [9.17, 15) is 4.79 Å². The van der Waals surface area contributed by atoms with E-state index in [-0.39, 0.29) is 5.91 Å². The molecule has 0 aromatic heterocycles. The van der Waals surface area contributed by atoms with Crippen LogP contribution in [-0.2, 0) is 11.2 Å². The average Bonchev–Trinajstić information content (AvgIpc) is 2.55. The van der Waals surface area contributed by atoms with Gasteiger partial charge in [-0.1, -0.05) is 0 Å². The van der Waals surface area contributed by atoms with Crippen LogP contribution < -0.4 is 16.0 Å². The second-order valence-corrected chi connectivity index (χ2v) is 5.97. The minimum atomic E-state index is 0.0629. The third-order valence-electron chi connectivity index (χ3n) is 3.44. The number of hydrogen-bond acceptors (Lipinski definition) is 4. The van der Waals surface area contributed by atoms with E-state index in [4.69, 9.17) is 5.73 Å². The van der Waals surface area contributed by atoms with Crippen molar-refractivity contribution in [2.45, 2.75) is 12.8 Å². The zero-order valence-electron chi connectivity index (χ0n) is 10.2. The molecule has 3 N–H and O–H groups in total. The minimum Gasteiger partial charge on any atom is -0.397 e. The monoisotopic (exact) mass is 263 g/mol. The van der Waals surface area contributed by atoms with Gasteiger partial charge in [0, 0.05) is 24.5 Å². The summed E-state index contributed by atoms with van der Waals surface area (Å²) in [5.74, 6) is 2.43. The summed E-state index contributed by atoms with van der Waals surface area (Å²) in [6.07, 6.45) is 1.64. The smallest absolute Gasteiger partial charge is 0.228 e. The molecule has 0 saturated carbocycles. The Labute approximate surface area is 111 Å². The molecule has 2 heterocycles. The normalized spacial score (nSPS) is 19.3. The Hall–Kier alpha value is -1.36. The lowest BCUT2D eigenvalue weighted by Gasteiger charge is -2.24. The van der Waals surface area contributed by atoms with Crippen LogP contribution in [-0.4, -0.2) is 30.5 Å². The van der Waals surface area contributed by atoms with Crippen molar-refractivity contribution in [3.8, 4) is 0 Å². The highest BCUT2D eigenvalue weighted by Gasteiger charge is 2.21. The number of benzene rings is 1. The molecule has 2 aliphatic rings. The number of fused-ring (bicyclic) bond motifs is 1. The van der Waals surface area contributed by atoms with E-state index in [0.29, 0.717) is 6.42 Å². The molecule has 5 heteroatoms. The SMILES string of the molecule is Nc1cc2c(cc1N1CCCSCC1)NC(=O)C2. The molecule has 0 radical (unpaired) electrons. The van der Waals surface area contributed by atoms with Crippen molar-refractivity contribution in [1.29, 1.82) is 0 Å².